The molecule has 0 aromatic heterocycles. The van der Waals surface area contributed by atoms with E-state index in [4.69, 9.17) is 10.00 Å². The summed E-state index contributed by atoms with van der Waals surface area (Å²) in [5, 5.41) is 19.9. The van der Waals surface area contributed by atoms with Crippen molar-refractivity contribution in [2.75, 3.05) is 14.1 Å². The maximum atomic E-state index is 11.8. The lowest BCUT2D eigenvalue weighted by Gasteiger charge is -2.11. The second kappa shape index (κ2) is 6.58. The summed E-state index contributed by atoms with van der Waals surface area (Å²) in [5.74, 6) is 0.147. The summed E-state index contributed by atoms with van der Waals surface area (Å²) in [4.78, 5) is 23.7. The minimum atomic E-state index is -0.583. The number of amides is 1. The summed E-state index contributed by atoms with van der Waals surface area (Å²) in [6.45, 7) is 0. The van der Waals surface area contributed by atoms with Gasteiger partial charge in [0.25, 0.3) is 5.91 Å². The van der Waals surface area contributed by atoms with Gasteiger partial charge in [-0.3, -0.25) is 14.9 Å². The van der Waals surface area contributed by atoms with Crippen molar-refractivity contribution >= 4 is 11.6 Å². The lowest BCUT2D eigenvalue weighted by molar-refractivity contribution is -0.385. The van der Waals surface area contributed by atoms with E-state index < -0.39 is 4.92 Å². The molecule has 2 rings (SSSR count). The van der Waals surface area contributed by atoms with Crippen molar-refractivity contribution in [3.63, 3.8) is 0 Å². The highest BCUT2D eigenvalue weighted by molar-refractivity contribution is 5.93. The van der Waals surface area contributed by atoms with E-state index in [1.807, 2.05) is 6.07 Å². The molecule has 23 heavy (non-hydrogen) atoms. The zero-order chi connectivity index (χ0) is 17.0. The number of carbonyl (C=O) groups is 1. The van der Waals surface area contributed by atoms with Crippen LogP contribution >= 0.6 is 0 Å². The number of nitro benzene ring substituents is 1. The van der Waals surface area contributed by atoms with Gasteiger partial charge < -0.3 is 9.64 Å². The summed E-state index contributed by atoms with van der Waals surface area (Å²) in [6, 6.07) is 12.0. The molecule has 0 aliphatic heterocycles. The monoisotopic (exact) mass is 311 g/mol. The summed E-state index contributed by atoms with van der Waals surface area (Å²) < 4.78 is 5.49. The molecular weight excluding hydrogens is 298 g/mol. The Hall–Kier alpha value is -3.40. The molecule has 0 bridgehead atoms. The molecule has 0 aliphatic carbocycles. The normalized spacial score (nSPS) is 9.78. The van der Waals surface area contributed by atoms with Crippen LogP contribution in [0, 0.1) is 21.4 Å². The number of benzene rings is 2. The number of nitriles is 1. The first-order valence-corrected chi connectivity index (χ1v) is 6.60. The van der Waals surface area contributed by atoms with Crippen LogP contribution in [0.25, 0.3) is 0 Å². The first-order chi connectivity index (χ1) is 10.9. The molecule has 0 heterocycles. The van der Waals surface area contributed by atoms with Crippen LogP contribution in [0.5, 0.6) is 11.5 Å². The van der Waals surface area contributed by atoms with Crippen LogP contribution in [0.15, 0.2) is 42.5 Å². The fraction of sp³-hybridized carbons (Fsp3) is 0.125. The van der Waals surface area contributed by atoms with Crippen molar-refractivity contribution < 1.29 is 14.5 Å². The van der Waals surface area contributed by atoms with E-state index in [-0.39, 0.29) is 22.9 Å². The van der Waals surface area contributed by atoms with Gasteiger partial charge in [-0.25, -0.2) is 0 Å². The molecule has 7 heteroatoms. The lowest BCUT2D eigenvalue weighted by atomic mass is 10.2. The SMILES string of the molecule is CN(C)C(=O)c1ccc(Oc2cc(C#N)ccc2[N+](=O)[O-])cc1. The molecule has 0 atom stereocenters. The highest BCUT2D eigenvalue weighted by atomic mass is 16.6. The van der Waals surface area contributed by atoms with E-state index in [1.165, 1.54) is 23.1 Å². The number of carbonyl (C=O) groups excluding carboxylic acids is 1. The minimum absolute atomic E-state index is 0.0271. The van der Waals surface area contributed by atoms with Gasteiger partial charge >= 0.3 is 5.69 Å². The van der Waals surface area contributed by atoms with Crippen molar-refractivity contribution in [3.8, 4) is 17.6 Å². The molecule has 1 amide bonds. The third-order valence-corrected chi connectivity index (χ3v) is 3.02. The van der Waals surface area contributed by atoms with E-state index in [0.717, 1.165) is 0 Å². The van der Waals surface area contributed by atoms with Crippen molar-refractivity contribution in [3.05, 3.63) is 63.7 Å². The molecule has 0 aliphatic rings. The maximum absolute atomic E-state index is 11.8. The van der Waals surface area contributed by atoms with Crippen LogP contribution in [0.2, 0.25) is 0 Å². The third-order valence-electron chi connectivity index (χ3n) is 3.02. The van der Waals surface area contributed by atoms with Crippen LogP contribution < -0.4 is 4.74 Å². The Bertz CT molecular complexity index is 792. The van der Waals surface area contributed by atoms with Gasteiger partial charge in [-0.2, -0.15) is 5.26 Å². The van der Waals surface area contributed by atoms with Gasteiger partial charge in [0.15, 0.2) is 0 Å². The van der Waals surface area contributed by atoms with E-state index in [9.17, 15) is 14.9 Å². The summed E-state index contributed by atoms with van der Waals surface area (Å²) in [6.07, 6.45) is 0. The molecule has 0 radical (unpaired) electrons. The highest BCUT2D eigenvalue weighted by Gasteiger charge is 2.17. The number of nitro groups is 1. The number of hydrogen-bond donors (Lipinski definition) is 0. The van der Waals surface area contributed by atoms with E-state index in [0.29, 0.717) is 11.3 Å². The fourth-order valence-electron chi connectivity index (χ4n) is 1.87. The second-order valence-corrected chi connectivity index (χ2v) is 4.88. The molecule has 2 aromatic carbocycles. The largest absolute Gasteiger partial charge is 0.450 e. The summed E-state index contributed by atoms with van der Waals surface area (Å²) in [5.41, 5.74) is 0.491. The van der Waals surface area contributed by atoms with Crippen LogP contribution in [0.1, 0.15) is 15.9 Å². The Morgan fingerprint density at radius 3 is 2.39 bits per heavy atom. The molecule has 0 N–H and O–H groups in total. The highest BCUT2D eigenvalue weighted by Crippen LogP contribution is 2.32. The first-order valence-electron chi connectivity index (χ1n) is 6.60. The fourth-order valence-corrected chi connectivity index (χ4v) is 1.87. The molecule has 0 spiro atoms. The molecule has 2 aromatic rings. The van der Waals surface area contributed by atoms with Gasteiger partial charge in [-0.15, -0.1) is 0 Å². The Balaban J connectivity index is 2.30. The van der Waals surface area contributed by atoms with Gasteiger partial charge in [-0.1, -0.05) is 0 Å². The Kier molecular flexibility index (Phi) is 4.57. The zero-order valence-corrected chi connectivity index (χ0v) is 12.5. The average Bonchev–Trinajstić information content (AvgIpc) is 2.54. The molecule has 0 fully saturated rings. The maximum Gasteiger partial charge on any atom is 0.311 e. The van der Waals surface area contributed by atoms with Gasteiger partial charge in [0.2, 0.25) is 5.75 Å². The van der Waals surface area contributed by atoms with Crippen LogP contribution in [0.3, 0.4) is 0 Å². The lowest BCUT2D eigenvalue weighted by Crippen LogP contribution is -2.21. The van der Waals surface area contributed by atoms with E-state index >= 15 is 0 Å². The third kappa shape index (κ3) is 3.63. The zero-order valence-electron chi connectivity index (χ0n) is 12.5. The first kappa shape index (κ1) is 16.0. The van der Waals surface area contributed by atoms with Gasteiger partial charge in [-0.05, 0) is 30.3 Å². The standard InChI is InChI=1S/C16H13N3O4/c1-18(2)16(20)12-4-6-13(7-5-12)23-15-9-11(10-17)3-8-14(15)19(21)22/h3-9H,1-2H3. The van der Waals surface area contributed by atoms with Crippen molar-refractivity contribution in [1.82, 2.24) is 4.90 Å². The smallest absolute Gasteiger partial charge is 0.311 e. The molecule has 0 unspecified atom stereocenters. The van der Waals surface area contributed by atoms with Crippen LogP contribution in [-0.2, 0) is 0 Å². The molecule has 0 saturated heterocycles. The van der Waals surface area contributed by atoms with E-state index in [2.05, 4.69) is 0 Å². The molecular formula is C16H13N3O4. The van der Waals surface area contributed by atoms with E-state index in [1.54, 1.807) is 38.4 Å². The van der Waals surface area contributed by atoms with Crippen molar-refractivity contribution in [1.29, 1.82) is 5.26 Å². The Labute approximate surface area is 132 Å². The number of ether oxygens (including phenoxy) is 1. The topological polar surface area (TPSA) is 96.5 Å². The predicted octanol–water partition coefficient (Wildman–Crippen LogP) is 2.96. The molecule has 7 nitrogen and oxygen atoms in total. The van der Waals surface area contributed by atoms with Crippen molar-refractivity contribution in [2.24, 2.45) is 0 Å². The number of hydrogen-bond acceptors (Lipinski definition) is 5. The van der Waals surface area contributed by atoms with Crippen LogP contribution in [-0.4, -0.2) is 29.8 Å². The quantitative estimate of drug-likeness (QED) is 0.638. The average molecular weight is 311 g/mol. The van der Waals surface area contributed by atoms with Crippen LogP contribution in [0.4, 0.5) is 5.69 Å². The second-order valence-electron chi connectivity index (χ2n) is 4.88. The van der Waals surface area contributed by atoms with Gasteiger partial charge in [0.05, 0.1) is 16.6 Å². The van der Waals surface area contributed by atoms with Gasteiger partial charge in [0, 0.05) is 31.8 Å². The summed E-state index contributed by atoms with van der Waals surface area (Å²) in [7, 11) is 3.28. The minimum Gasteiger partial charge on any atom is -0.450 e. The number of rotatable bonds is 4. The summed E-state index contributed by atoms with van der Waals surface area (Å²) >= 11 is 0. The van der Waals surface area contributed by atoms with Gasteiger partial charge in [0.1, 0.15) is 5.75 Å². The molecule has 0 saturated carbocycles. The number of nitrogens with zero attached hydrogens (tertiary/aromatic N) is 3. The predicted molar refractivity (Wildman–Crippen MR) is 82.3 cm³/mol. The molecule has 116 valence electrons. The Morgan fingerprint density at radius 2 is 1.87 bits per heavy atom. The van der Waals surface area contributed by atoms with Crippen molar-refractivity contribution in [2.45, 2.75) is 0 Å². The Morgan fingerprint density at radius 1 is 1.22 bits per heavy atom.